The largest absolute Gasteiger partial charge is 0.462 e. The monoisotopic (exact) mass is 307 g/mol. The van der Waals surface area contributed by atoms with Gasteiger partial charge in [0.25, 0.3) is 0 Å². The zero-order chi connectivity index (χ0) is 15.2. The molecule has 21 heavy (non-hydrogen) atoms. The Labute approximate surface area is 129 Å². The van der Waals surface area contributed by atoms with Crippen molar-refractivity contribution in [1.29, 1.82) is 0 Å². The lowest BCUT2D eigenvalue weighted by Crippen LogP contribution is -2.08. The Morgan fingerprint density at radius 2 is 2.10 bits per heavy atom. The lowest BCUT2D eigenvalue weighted by atomic mass is 10.1. The summed E-state index contributed by atoms with van der Waals surface area (Å²) in [6.45, 7) is 4.19. The van der Waals surface area contributed by atoms with Crippen LogP contribution in [-0.2, 0) is 4.74 Å². The zero-order valence-electron chi connectivity index (χ0n) is 12.2. The van der Waals surface area contributed by atoms with Gasteiger partial charge in [0.15, 0.2) is 0 Å². The molecular weight excluding hydrogens is 290 g/mol. The van der Waals surface area contributed by atoms with Crippen molar-refractivity contribution in [3.63, 3.8) is 0 Å². The van der Waals surface area contributed by atoms with Gasteiger partial charge in [-0.25, -0.2) is 4.79 Å². The molecule has 0 atom stereocenters. The van der Waals surface area contributed by atoms with Crippen LogP contribution < -0.4 is 0 Å². The van der Waals surface area contributed by atoms with E-state index in [0.29, 0.717) is 34.2 Å². The first-order valence-electron chi connectivity index (χ1n) is 7.03. The minimum absolute atomic E-state index is 0.347. The quantitative estimate of drug-likeness (QED) is 0.576. The molecule has 0 saturated heterocycles. The zero-order valence-corrected chi connectivity index (χ0v) is 12.9. The summed E-state index contributed by atoms with van der Waals surface area (Å²) in [4.78, 5) is 12.2. The van der Waals surface area contributed by atoms with Crippen molar-refractivity contribution in [3.8, 4) is 11.3 Å². The van der Waals surface area contributed by atoms with Gasteiger partial charge >= 0.3 is 5.97 Å². The highest BCUT2D eigenvalue weighted by Crippen LogP contribution is 2.31. The Hall–Kier alpha value is -1.81. The highest BCUT2D eigenvalue weighted by Gasteiger charge is 2.24. The molecule has 0 spiro atoms. The second-order valence-electron chi connectivity index (χ2n) is 4.79. The fraction of sp³-hybridized carbons (Fsp3) is 0.375. The summed E-state index contributed by atoms with van der Waals surface area (Å²) in [5.74, 6) is 0.0187. The third-order valence-corrected chi connectivity index (χ3v) is 3.51. The number of hydrogen-bond donors (Lipinski definition) is 0. The van der Waals surface area contributed by atoms with Crippen molar-refractivity contribution in [2.75, 3.05) is 6.61 Å². The Morgan fingerprint density at radius 1 is 1.33 bits per heavy atom. The molecule has 0 aliphatic heterocycles. The van der Waals surface area contributed by atoms with E-state index in [-0.39, 0.29) is 0 Å². The normalized spacial score (nSPS) is 10.6. The Morgan fingerprint density at radius 3 is 2.81 bits per heavy atom. The van der Waals surface area contributed by atoms with Crippen LogP contribution >= 0.6 is 11.6 Å². The van der Waals surface area contributed by atoms with Gasteiger partial charge in [-0.2, -0.15) is 0 Å². The van der Waals surface area contributed by atoms with Crippen molar-refractivity contribution in [2.45, 2.75) is 33.1 Å². The second kappa shape index (κ2) is 7.27. The van der Waals surface area contributed by atoms with Gasteiger partial charge in [-0.05, 0) is 19.4 Å². The molecule has 0 aliphatic rings. The van der Waals surface area contributed by atoms with E-state index in [9.17, 15) is 4.79 Å². The number of aromatic nitrogens is 1. The maximum atomic E-state index is 12.2. The van der Waals surface area contributed by atoms with E-state index >= 15 is 0 Å². The minimum Gasteiger partial charge on any atom is -0.462 e. The van der Waals surface area contributed by atoms with Gasteiger partial charge in [0.2, 0.25) is 0 Å². The van der Waals surface area contributed by atoms with Crippen molar-refractivity contribution >= 4 is 17.6 Å². The predicted molar refractivity (Wildman–Crippen MR) is 81.5 cm³/mol. The van der Waals surface area contributed by atoms with E-state index < -0.39 is 5.97 Å². The molecule has 0 bridgehead atoms. The Kier molecular flexibility index (Phi) is 5.39. The molecule has 4 nitrogen and oxygen atoms in total. The maximum Gasteiger partial charge on any atom is 0.344 e. The molecule has 1 aromatic carbocycles. The smallest absolute Gasteiger partial charge is 0.344 e. The summed E-state index contributed by atoms with van der Waals surface area (Å²) >= 11 is 6.16. The van der Waals surface area contributed by atoms with E-state index in [1.54, 1.807) is 19.1 Å². The maximum absolute atomic E-state index is 12.2. The van der Waals surface area contributed by atoms with Gasteiger partial charge in [0, 0.05) is 5.56 Å². The number of carbonyl (C=O) groups is 1. The predicted octanol–water partition coefficient (Wildman–Crippen LogP) is 4.65. The summed E-state index contributed by atoms with van der Waals surface area (Å²) in [5.41, 5.74) is 1.44. The number of unbranched alkanes of at least 4 members (excludes halogenated alkanes) is 2. The van der Waals surface area contributed by atoms with Crippen molar-refractivity contribution in [2.24, 2.45) is 0 Å². The standard InChI is InChI=1S/C16H18ClNO3/c1-3-4-7-10-20-16(19)14-11(2)21-18-15(14)12-8-5-6-9-13(12)17/h5-6,8-9H,3-4,7,10H2,1-2H3. The van der Waals surface area contributed by atoms with Gasteiger partial charge in [-0.3, -0.25) is 0 Å². The number of ether oxygens (including phenoxy) is 1. The fourth-order valence-electron chi connectivity index (χ4n) is 2.04. The fourth-order valence-corrected chi connectivity index (χ4v) is 2.26. The molecule has 0 radical (unpaired) electrons. The van der Waals surface area contributed by atoms with Crippen molar-refractivity contribution in [1.82, 2.24) is 5.16 Å². The van der Waals surface area contributed by atoms with E-state index in [4.69, 9.17) is 20.9 Å². The van der Waals surface area contributed by atoms with Gasteiger partial charge in [-0.1, -0.05) is 54.7 Å². The molecule has 0 saturated carbocycles. The van der Waals surface area contributed by atoms with Crippen LogP contribution in [0.25, 0.3) is 11.3 Å². The summed E-state index contributed by atoms with van der Waals surface area (Å²) < 4.78 is 10.4. The van der Waals surface area contributed by atoms with Gasteiger partial charge < -0.3 is 9.26 Å². The molecule has 112 valence electrons. The van der Waals surface area contributed by atoms with Crippen LogP contribution in [0.3, 0.4) is 0 Å². The summed E-state index contributed by atoms with van der Waals surface area (Å²) in [5, 5.41) is 4.47. The number of benzene rings is 1. The summed E-state index contributed by atoms with van der Waals surface area (Å²) in [6, 6.07) is 7.20. The van der Waals surface area contributed by atoms with Crippen LogP contribution in [-0.4, -0.2) is 17.7 Å². The number of carbonyl (C=O) groups excluding carboxylic acids is 1. The first-order valence-corrected chi connectivity index (χ1v) is 7.41. The van der Waals surface area contributed by atoms with E-state index in [1.165, 1.54) is 0 Å². The Balaban J connectivity index is 2.22. The lowest BCUT2D eigenvalue weighted by Gasteiger charge is -2.05. The first kappa shape index (κ1) is 15.6. The molecular formula is C16H18ClNO3. The lowest BCUT2D eigenvalue weighted by molar-refractivity contribution is 0.0497. The number of rotatable bonds is 6. The second-order valence-corrected chi connectivity index (χ2v) is 5.19. The number of esters is 1. The van der Waals surface area contributed by atoms with Gasteiger partial charge in [-0.15, -0.1) is 0 Å². The highest BCUT2D eigenvalue weighted by molar-refractivity contribution is 6.33. The molecule has 1 aromatic heterocycles. The minimum atomic E-state index is -0.417. The number of halogens is 1. The third kappa shape index (κ3) is 3.64. The van der Waals surface area contributed by atoms with Gasteiger partial charge in [0.1, 0.15) is 17.0 Å². The molecule has 2 aromatic rings. The molecule has 0 amide bonds. The average molecular weight is 308 g/mol. The topological polar surface area (TPSA) is 52.3 Å². The van der Waals surface area contributed by atoms with Crippen LogP contribution in [0.2, 0.25) is 5.02 Å². The average Bonchev–Trinajstić information content (AvgIpc) is 2.85. The highest BCUT2D eigenvalue weighted by atomic mass is 35.5. The number of aryl methyl sites for hydroxylation is 1. The van der Waals surface area contributed by atoms with Gasteiger partial charge in [0.05, 0.1) is 11.6 Å². The van der Waals surface area contributed by atoms with Crippen LogP contribution in [0.1, 0.15) is 42.3 Å². The summed E-state index contributed by atoms with van der Waals surface area (Å²) in [7, 11) is 0. The van der Waals surface area contributed by atoms with Crippen LogP contribution in [0.4, 0.5) is 0 Å². The molecule has 5 heteroatoms. The molecule has 2 rings (SSSR count). The number of hydrogen-bond acceptors (Lipinski definition) is 4. The van der Waals surface area contributed by atoms with Crippen molar-refractivity contribution < 1.29 is 14.1 Å². The van der Waals surface area contributed by atoms with Crippen LogP contribution in [0, 0.1) is 6.92 Å². The molecule has 1 heterocycles. The number of nitrogens with zero attached hydrogens (tertiary/aromatic N) is 1. The van der Waals surface area contributed by atoms with E-state index in [1.807, 2.05) is 12.1 Å². The first-order chi connectivity index (χ1) is 10.1. The third-order valence-electron chi connectivity index (χ3n) is 3.18. The van der Waals surface area contributed by atoms with E-state index in [2.05, 4.69) is 12.1 Å². The Bertz CT molecular complexity index is 622. The molecule has 0 N–H and O–H groups in total. The van der Waals surface area contributed by atoms with E-state index in [0.717, 1.165) is 19.3 Å². The SMILES string of the molecule is CCCCCOC(=O)c1c(-c2ccccc2Cl)noc1C. The molecule has 0 unspecified atom stereocenters. The van der Waals surface area contributed by atoms with Crippen molar-refractivity contribution in [3.05, 3.63) is 40.6 Å². The van der Waals surface area contributed by atoms with Crippen LogP contribution in [0.5, 0.6) is 0 Å². The molecule has 0 aliphatic carbocycles. The molecule has 0 fully saturated rings. The summed E-state index contributed by atoms with van der Waals surface area (Å²) in [6.07, 6.45) is 2.97. The van der Waals surface area contributed by atoms with Crippen LogP contribution in [0.15, 0.2) is 28.8 Å².